The van der Waals surface area contributed by atoms with Crippen LogP contribution in [-0.2, 0) is 24.2 Å². The number of amides is 1. The van der Waals surface area contributed by atoms with E-state index in [0.29, 0.717) is 12.0 Å². The van der Waals surface area contributed by atoms with Crippen LogP contribution in [0.25, 0.3) is 6.08 Å². The van der Waals surface area contributed by atoms with Crippen molar-refractivity contribution in [3.8, 4) is 0 Å². The van der Waals surface area contributed by atoms with Gasteiger partial charge in [0.2, 0.25) is 0 Å². The van der Waals surface area contributed by atoms with Gasteiger partial charge >= 0.3 is 5.97 Å². The zero-order valence-corrected chi connectivity index (χ0v) is 13.9. The zero-order valence-electron chi connectivity index (χ0n) is 13.1. The van der Waals surface area contributed by atoms with Crippen LogP contribution < -0.4 is 5.32 Å². The molecule has 134 valence electrons. The average Bonchev–Trinajstić information content (AvgIpc) is 2.90. The van der Waals surface area contributed by atoms with Gasteiger partial charge in [-0.3, -0.25) is 14.9 Å². The Bertz CT molecular complexity index is 800. The van der Waals surface area contributed by atoms with Crippen LogP contribution >= 0.6 is 0 Å². The lowest BCUT2D eigenvalue weighted by Crippen LogP contribution is -2.38. The number of nitrogens with zero attached hydrogens (tertiary/aromatic N) is 1. The molecule has 1 atom stereocenters. The number of nitrogens with one attached hydrogen (secondary N) is 1. The molecular formula is C15H16N2O7S. The molecule has 10 heteroatoms. The van der Waals surface area contributed by atoms with E-state index < -0.39 is 39.3 Å². The Labute approximate surface area is 143 Å². The van der Waals surface area contributed by atoms with Crippen LogP contribution in [0.3, 0.4) is 0 Å². The van der Waals surface area contributed by atoms with Crippen molar-refractivity contribution in [2.45, 2.75) is 12.5 Å². The van der Waals surface area contributed by atoms with E-state index >= 15 is 0 Å². The molecule has 1 fully saturated rings. The molecule has 0 aliphatic carbocycles. The second kappa shape index (κ2) is 7.88. The smallest absolute Gasteiger partial charge is 0.331 e. The molecule has 0 spiro atoms. The summed E-state index contributed by atoms with van der Waals surface area (Å²) in [6.45, 7) is -0.514. The number of sulfone groups is 1. The highest BCUT2D eigenvalue weighted by atomic mass is 32.2. The highest BCUT2D eigenvalue weighted by Gasteiger charge is 2.28. The number of hydrogen-bond donors (Lipinski definition) is 1. The maximum absolute atomic E-state index is 11.6. The van der Waals surface area contributed by atoms with Gasteiger partial charge in [0.05, 0.1) is 16.4 Å². The quantitative estimate of drug-likeness (QED) is 0.334. The van der Waals surface area contributed by atoms with Gasteiger partial charge in [-0.25, -0.2) is 13.2 Å². The fourth-order valence-corrected chi connectivity index (χ4v) is 3.91. The van der Waals surface area contributed by atoms with Crippen LogP contribution in [0.1, 0.15) is 12.0 Å². The predicted octanol–water partition coefficient (Wildman–Crippen LogP) is 0.455. The third-order valence-electron chi connectivity index (χ3n) is 3.46. The Balaban J connectivity index is 1.76. The summed E-state index contributed by atoms with van der Waals surface area (Å²) >= 11 is 0. The first-order chi connectivity index (χ1) is 11.7. The largest absolute Gasteiger partial charge is 0.452 e. The minimum absolute atomic E-state index is 0.0374. The number of esters is 1. The number of nitro benzene ring substituents is 1. The summed E-state index contributed by atoms with van der Waals surface area (Å²) in [5, 5.41) is 13.0. The summed E-state index contributed by atoms with van der Waals surface area (Å²) in [7, 11) is -3.10. The monoisotopic (exact) mass is 368 g/mol. The van der Waals surface area contributed by atoms with E-state index in [-0.39, 0.29) is 17.2 Å². The molecule has 1 N–H and O–H groups in total. The van der Waals surface area contributed by atoms with Crippen molar-refractivity contribution >= 4 is 33.5 Å². The van der Waals surface area contributed by atoms with E-state index in [1.54, 1.807) is 0 Å². The zero-order chi connectivity index (χ0) is 18.4. The van der Waals surface area contributed by atoms with Crippen molar-refractivity contribution in [2.75, 3.05) is 18.1 Å². The number of rotatable bonds is 6. The number of nitro groups is 1. The maximum atomic E-state index is 11.6. The molecule has 0 aromatic heterocycles. The summed E-state index contributed by atoms with van der Waals surface area (Å²) < 4.78 is 27.3. The van der Waals surface area contributed by atoms with E-state index in [9.17, 15) is 28.1 Å². The van der Waals surface area contributed by atoms with Crippen LogP contribution in [0.2, 0.25) is 0 Å². The van der Waals surface area contributed by atoms with Crippen molar-refractivity contribution < 1.29 is 27.7 Å². The van der Waals surface area contributed by atoms with Gasteiger partial charge in [-0.2, -0.15) is 0 Å². The lowest BCUT2D eigenvalue weighted by Gasteiger charge is -2.10. The van der Waals surface area contributed by atoms with E-state index in [4.69, 9.17) is 4.74 Å². The maximum Gasteiger partial charge on any atom is 0.331 e. The summed E-state index contributed by atoms with van der Waals surface area (Å²) in [5.74, 6) is -1.39. The van der Waals surface area contributed by atoms with Crippen LogP contribution in [0.4, 0.5) is 5.69 Å². The minimum Gasteiger partial charge on any atom is -0.452 e. The highest BCUT2D eigenvalue weighted by molar-refractivity contribution is 7.91. The SMILES string of the molecule is O=C(COC(=O)/C=C/c1ccc([N+](=O)[O-])cc1)N[C@@H]1CCS(=O)(=O)C1. The molecule has 0 saturated carbocycles. The molecule has 1 aromatic carbocycles. The standard InChI is InChI=1S/C15H16N2O7S/c18-14(16-12-7-8-25(22,23)10-12)9-24-15(19)6-3-11-1-4-13(5-2-11)17(20)21/h1-6,12H,7-10H2,(H,16,18)/b6-3+/t12-/m1/s1. The molecule has 1 amide bonds. The Hall–Kier alpha value is -2.75. The molecule has 1 saturated heterocycles. The summed E-state index contributed by atoms with van der Waals surface area (Å²) in [5.41, 5.74) is 0.494. The second-order valence-corrected chi connectivity index (χ2v) is 7.69. The van der Waals surface area contributed by atoms with Gasteiger partial charge in [0.15, 0.2) is 16.4 Å². The van der Waals surface area contributed by atoms with Gasteiger partial charge in [0, 0.05) is 24.3 Å². The Morgan fingerprint density at radius 3 is 2.56 bits per heavy atom. The molecule has 1 aromatic rings. The van der Waals surface area contributed by atoms with Crippen molar-refractivity contribution in [2.24, 2.45) is 0 Å². The van der Waals surface area contributed by atoms with Crippen LogP contribution in [0.5, 0.6) is 0 Å². The van der Waals surface area contributed by atoms with Gasteiger partial charge in [-0.05, 0) is 30.2 Å². The predicted molar refractivity (Wildman–Crippen MR) is 88.3 cm³/mol. The fraction of sp³-hybridized carbons (Fsp3) is 0.333. The number of ether oxygens (including phenoxy) is 1. The number of carbonyl (C=O) groups excluding carboxylic acids is 2. The Morgan fingerprint density at radius 2 is 2.00 bits per heavy atom. The normalized spacial score (nSPS) is 18.8. The highest BCUT2D eigenvalue weighted by Crippen LogP contribution is 2.13. The number of hydrogen-bond acceptors (Lipinski definition) is 7. The third-order valence-corrected chi connectivity index (χ3v) is 5.23. The number of benzene rings is 1. The van der Waals surface area contributed by atoms with Crippen LogP contribution in [0.15, 0.2) is 30.3 Å². The van der Waals surface area contributed by atoms with Crippen LogP contribution in [-0.4, -0.2) is 49.4 Å². The molecule has 0 unspecified atom stereocenters. The molecule has 1 heterocycles. The van der Waals surface area contributed by atoms with Gasteiger partial charge in [-0.15, -0.1) is 0 Å². The van der Waals surface area contributed by atoms with Gasteiger partial charge in [-0.1, -0.05) is 0 Å². The van der Waals surface area contributed by atoms with E-state index in [1.807, 2.05) is 0 Å². The minimum atomic E-state index is -3.10. The molecule has 0 bridgehead atoms. The Kier molecular flexibility index (Phi) is 5.86. The summed E-state index contributed by atoms with van der Waals surface area (Å²) in [4.78, 5) is 33.2. The first-order valence-corrected chi connectivity index (χ1v) is 9.16. The molecular weight excluding hydrogens is 352 g/mol. The van der Waals surface area contributed by atoms with Crippen molar-refractivity contribution in [3.05, 3.63) is 46.0 Å². The average molecular weight is 368 g/mol. The van der Waals surface area contributed by atoms with Crippen molar-refractivity contribution in [1.82, 2.24) is 5.32 Å². The van der Waals surface area contributed by atoms with Crippen molar-refractivity contribution in [3.63, 3.8) is 0 Å². The molecule has 2 rings (SSSR count). The molecule has 9 nitrogen and oxygen atoms in total. The number of non-ortho nitro benzene ring substituents is 1. The number of carbonyl (C=O) groups is 2. The first-order valence-electron chi connectivity index (χ1n) is 7.34. The molecule has 1 aliphatic heterocycles. The lowest BCUT2D eigenvalue weighted by atomic mass is 10.2. The Morgan fingerprint density at radius 1 is 1.32 bits per heavy atom. The fourth-order valence-electron chi connectivity index (χ4n) is 2.23. The van der Waals surface area contributed by atoms with Crippen molar-refractivity contribution in [1.29, 1.82) is 0 Å². The van der Waals surface area contributed by atoms with Gasteiger partial charge in [0.25, 0.3) is 11.6 Å². The first kappa shape index (κ1) is 18.6. The topological polar surface area (TPSA) is 133 Å². The lowest BCUT2D eigenvalue weighted by molar-refractivity contribution is -0.384. The molecule has 0 radical (unpaired) electrons. The van der Waals surface area contributed by atoms with E-state index in [0.717, 1.165) is 6.08 Å². The van der Waals surface area contributed by atoms with Gasteiger partial charge < -0.3 is 10.1 Å². The molecule has 1 aliphatic rings. The van der Waals surface area contributed by atoms with E-state index in [1.165, 1.54) is 30.3 Å². The second-order valence-electron chi connectivity index (χ2n) is 5.46. The summed E-state index contributed by atoms with van der Waals surface area (Å²) in [6, 6.07) is 5.08. The summed E-state index contributed by atoms with van der Waals surface area (Å²) in [6.07, 6.45) is 2.84. The van der Waals surface area contributed by atoms with Crippen LogP contribution in [0, 0.1) is 10.1 Å². The van der Waals surface area contributed by atoms with E-state index in [2.05, 4.69) is 5.32 Å². The molecule has 25 heavy (non-hydrogen) atoms. The third kappa shape index (κ3) is 5.99. The van der Waals surface area contributed by atoms with Gasteiger partial charge in [0.1, 0.15) is 0 Å².